The summed E-state index contributed by atoms with van der Waals surface area (Å²) in [5.74, 6) is 0. The van der Waals surface area contributed by atoms with Crippen molar-refractivity contribution >= 4 is 19.3 Å². The largest absolute Gasteiger partial charge is 0.336 e. The van der Waals surface area contributed by atoms with Gasteiger partial charge in [-0.3, -0.25) is 9.46 Å². The van der Waals surface area contributed by atoms with E-state index in [9.17, 15) is 14.3 Å². The van der Waals surface area contributed by atoms with E-state index in [-0.39, 0.29) is 18.2 Å². The number of nitrogens with one attached hydrogen (secondary N) is 1. The van der Waals surface area contributed by atoms with Gasteiger partial charge < -0.3 is 14.7 Å². The molecular weight excluding hydrogens is 267 g/mol. The second-order valence-corrected chi connectivity index (χ2v) is 6.47. The van der Waals surface area contributed by atoms with Crippen LogP contribution in [0.5, 0.6) is 0 Å². The highest BCUT2D eigenvalue weighted by atomic mass is 31.2. The van der Waals surface area contributed by atoms with E-state index < -0.39 is 7.60 Å². The van der Waals surface area contributed by atoms with Crippen molar-refractivity contribution in [1.29, 1.82) is 0 Å². The lowest BCUT2D eigenvalue weighted by atomic mass is 10.2. The number of hydrogen-bond acceptors (Lipinski definition) is 3. The molecule has 0 spiro atoms. The molecule has 1 aliphatic heterocycles. The molecule has 2 N–H and O–H groups in total. The van der Waals surface area contributed by atoms with Crippen LogP contribution >= 0.6 is 7.60 Å². The summed E-state index contributed by atoms with van der Waals surface area (Å²) in [5, 5.41) is 2.75. The van der Waals surface area contributed by atoms with Gasteiger partial charge in [-0.1, -0.05) is 18.2 Å². The molecule has 0 saturated carbocycles. The molecule has 1 heterocycles. The molecule has 0 radical (unpaired) electrons. The van der Waals surface area contributed by atoms with Crippen molar-refractivity contribution in [2.75, 3.05) is 24.7 Å². The number of anilines is 1. The van der Waals surface area contributed by atoms with Gasteiger partial charge >= 0.3 is 13.6 Å². The zero-order valence-electron chi connectivity index (χ0n) is 10.7. The van der Waals surface area contributed by atoms with Crippen LogP contribution in [0.2, 0.25) is 0 Å². The van der Waals surface area contributed by atoms with Crippen LogP contribution in [0.25, 0.3) is 0 Å². The number of benzene rings is 1. The van der Waals surface area contributed by atoms with Crippen LogP contribution in [0.3, 0.4) is 0 Å². The summed E-state index contributed by atoms with van der Waals surface area (Å²) in [5.41, 5.74) is 0.785. The van der Waals surface area contributed by atoms with Crippen molar-refractivity contribution in [3.8, 4) is 0 Å². The van der Waals surface area contributed by atoms with E-state index in [4.69, 9.17) is 0 Å². The lowest BCUT2D eigenvalue weighted by Crippen LogP contribution is -2.34. The van der Waals surface area contributed by atoms with Gasteiger partial charge in [0, 0.05) is 19.3 Å². The first-order chi connectivity index (χ1) is 9.03. The number of para-hydroxylation sites is 1. The van der Waals surface area contributed by atoms with E-state index in [1.54, 1.807) is 4.90 Å². The molecule has 0 aliphatic carbocycles. The molecular formula is C12H17N2O4P. The van der Waals surface area contributed by atoms with Crippen LogP contribution in [0.4, 0.5) is 10.5 Å². The van der Waals surface area contributed by atoms with Crippen molar-refractivity contribution in [1.82, 2.24) is 5.32 Å². The standard InChI is InChI=1S/C12H17N2O4P/c1-18-19(16,17)8-7-11-9-13-12(15)14(11)10-5-3-2-4-6-10/h2-6,11H,7-9H2,1H3,(H,13,15)(H,16,17). The van der Waals surface area contributed by atoms with Crippen molar-refractivity contribution in [3.63, 3.8) is 0 Å². The predicted octanol–water partition coefficient (Wildman–Crippen LogP) is 1.81. The molecule has 1 saturated heterocycles. The Bertz CT molecular complexity index is 494. The van der Waals surface area contributed by atoms with Gasteiger partial charge in [0.05, 0.1) is 12.2 Å². The first-order valence-corrected chi connectivity index (χ1v) is 7.79. The molecule has 2 atom stereocenters. The van der Waals surface area contributed by atoms with Crippen molar-refractivity contribution in [3.05, 3.63) is 30.3 Å². The monoisotopic (exact) mass is 284 g/mol. The molecule has 0 aromatic heterocycles. The Morgan fingerprint density at radius 3 is 2.79 bits per heavy atom. The maximum absolute atomic E-state index is 11.8. The second kappa shape index (κ2) is 5.74. The summed E-state index contributed by atoms with van der Waals surface area (Å²) in [6.45, 7) is 0.470. The fourth-order valence-corrected chi connectivity index (χ4v) is 2.91. The van der Waals surface area contributed by atoms with Gasteiger partial charge in [-0.25, -0.2) is 4.79 Å². The molecule has 2 amide bonds. The Morgan fingerprint density at radius 1 is 1.47 bits per heavy atom. The normalized spacial score (nSPS) is 22.1. The Hall–Kier alpha value is -1.36. The zero-order chi connectivity index (χ0) is 13.9. The summed E-state index contributed by atoms with van der Waals surface area (Å²) in [4.78, 5) is 22.9. The smallest absolute Gasteiger partial charge is 0.327 e. The number of carbonyl (C=O) groups excluding carboxylic acids is 1. The highest BCUT2D eigenvalue weighted by Gasteiger charge is 2.33. The van der Waals surface area contributed by atoms with E-state index >= 15 is 0 Å². The SMILES string of the molecule is COP(=O)(O)CCC1CNC(=O)N1c1ccccc1. The van der Waals surface area contributed by atoms with Crippen LogP contribution < -0.4 is 10.2 Å². The van der Waals surface area contributed by atoms with E-state index in [0.29, 0.717) is 13.0 Å². The molecule has 7 heteroatoms. The van der Waals surface area contributed by atoms with Gasteiger partial charge in [0.25, 0.3) is 0 Å². The van der Waals surface area contributed by atoms with Gasteiger partial charge in [0.2, 0.25) is 0 Å². The maximum Gasteiger partial charge on any atom is 0.327 e. The third-order valence-corrected chi connectivity index (χ3v) is 4.53. The summed E-state index contributed by atoms with van der Waals surface area (Å²) in [6, 6.07) is 8.94. The van der Waals surface area contributed by atoms with Gasteiger partial charge in [0.1, 0.15) is 0 Å². The average molecular weight is 284 g/mol. The minimum Gasteiger partial charge on any atom is -0.336 e. The Kier molecular flexibility index (Phi) is 4.24. The van der Waals surface area contributed by atoms with Crippen LogP contribution in [0.1, 0.15) is 6.42 Å². The van der Waals surface area contributed by atoms with Gasteiger partial charge in [-0.15, -0.1) is 0 Å². The van der Waals surface area contributed by atoms with Crippen LogP contribution in [0.15, 0.2) is 30.3 Å². The summed E-state index contributed by atoms with van der Waals surface area (Å²) < 4.78 is 16.0. The zero-order valence-corrected chi connectivity index (χ0v) is 11.5. The topological polar surface area (TPSA) is 78.9 Å². The Labute approximate surface area is 111 Å². The van der Waals surface area contributed by atoms with Crippen LogP contribution in [-0.4, -0.2) is 36.8 Å². The van der Waals surface area contributed by atoms with E-state index in [1.807, 2.05) is 30.3 Å². The van der Waals surface area contributed by atoms with Crippen molar-refractivity contribution in [2.45, 2.75) is 12.5 Å². The molecule has 2 rings (SSSR count). The van der Waals surface area contributed by atoms with Gasteiger partial charge in [-0.2, -0.15) is 0 Å². The number of amides is 2. The minimum atomic E-state index is -3.53. The molecule has 1 fully saturated rings. The lowest BCUT2D eigenvalue weighted by molar-refractivity contribution is 0.251. The lowest BCUT2D eigenvalue weighted by Gasteiger charge is -2.23. The highest BCUT2D eigenvalue weighted by Crippen LogP contribution is 2.42. The Balaban J connectivity index is 2.08. The molecule has 1 aliphatic rings. The van der Waals surface area contributed by atoms with E-state index in [2.05, 4.69) is 9.84 Å². The third-order valence-electron chi connectivity index (χ3n) is 3.14. The highest BCUT2D eigenvalue weighted by molar-refractivity contribution is 7.52. The molecule has 2 unspecified atom stereocenters. The molecule has 19 heavy (non-hydrogen) atoms. The number of carbonyl (C=O) groups is 1. The third kappa shape index (κ3) is 3.35. The van der Waals surface area contributed by atoms with Crippen LogP contribution in [-0.2, 0) is 9.09 Å². The second-order valence-electron chi connectivity index (χ2n) is 4.38. The van der Waals surface area contributed by atoms with Gasteiger partial charge in [0.15, 0.2) is 0 Å². The molecule has 6 nitrogen and oxygen atoms in total. The van der Waals surface area contributed by atoms with Crippen molar-refractivity contribution in [2.24, 2.45) is 0 Å². The summed E-state index contributed by atoms with van der Waals surface area (Å²) in [6.07, 6.45) is 0.446. The fourth-order valence-electron chi connectivity index (χ4n) is 2.10. The number of nitrogens with zero attached hydrogens (tertiary/aromatic N) is 1. The number of urea groups is 1. The first-order valence-electron chi connectivity index (χ1n) is 6.03. The molecule has 1 aromatic carbocycles. The predicted molar refractivity (Wildman–Crippen MR) is 72.4 cm³/mol. The van der Waals surface area contributed by atoms with E-state index in [0.717, 1.165) is 5.69 Å². The molecule has 1 aromatic rings. The number of hydrogen-bond donors (Lipinski definition) is 2. The fraction of sp³-hybridized carbons (Fsp3) is 0.417. The Morgan fingerprint density at radius 2 is 2.16 bits per heavy atom. The van der Waals surface area contributed by atoms with Crippen molar-refractivity contribution < 1.29 is 18.8 Å². The first kappa shape index (κ1) is 14.1. The van der Waals surface area contributed by atoms with E-state index in [1.165, 1.54) is 7.11 Å². The molecule has 104 valence electrons. The number of rotatable bonds is 5. The quantitative estimate of drug-likeness (QED) is 0.808. The molecule has 0 bridgehead atoms. The summed E-state index contributed by atoms with van der Waals surface area (Å²) in [7, 11) is -2.31. The summed E-state index contributed by atoms with van der Waals surface area (Å²) >= 11 is 0. The van der Waals surface area contributed by atoms with Crippen LogP contribution in [0, 0.1) is 0 Å². The minimum absolute atomic E-state index is 0.0342. The maximum atomic E-state index is 11.8. The van der Waals surface area contributed by atoms with Gasteiger partial charge in [-0.05, 0) is 18.6 Å². The average Bonchev–Trinajstić information content (AvgIpc) is 2.79.